The van der Waals surface area contributed by atoms with Crippen molar-refractivity contribution in [1.82, 2.24) is 15.3 Å². The third kappa shape index (κ3) is 4.34. The fraction of sp³-hybridized carbons (Fsp3) is 0.417. The van der Waals surface area contributed by atoms with Crippen LogP contribution in [0.4, 0.5) is 11.4 Å². The van der Waals surface area contributed by atoms with Crippen LogP contribution < -0.4 is 29.7 Å². The molecule has 2 aromatic carbocycles. The van der Waals surface area contributed by atoms with E-state index in [2.05, 4.69) is 39.3 Å². The second-order valence-electron chi connectivity index (χ2n) is 8.57. The SMILES string of the molecule is COc1ncc2c(N3C[C@@H](C)N[C@H](C)C3)ccc(C(O)Nc3ccc4c(c3)OCCO4)c2n1. The smallest absolute Gasteiger partial charge is 0.316 e. The molecule has 1 saturated heterocycles. The van der Waals surface area contributed by atoms with Crippen LogP contribution >= 0.6 is 0 Å². The molecule has 2 aliphatic heterocycles. The first-order chi connectivity index (χ1) is 16.0. The second kappa shape index (κ2) is 8.92. The number of aromatic nitrogens is 2. The standard InChI is InChI=1S/C24H29N5O4/c1-14-12-29(13-15(2)26-14)19-6-5-17(22-18(19)11-25-24(28-22)31-3)23(30)27-16-4-7-20-21(10-16)33-9-8-32-20/h4-7,10-11,14-15,23,26-27,30H,8-9,12-13H2,1-3H3/t14-,15-,23?/m1/s1. The molecular weight excluding hydrogens is 422 g/mol. The van der Waals surface area contributed by atoms with E-state index < -0.39 is 6.23 Å². The largest absolute Gasteiger partial charge is 0.486 e. The van der Waals surface area contributed by atoms with Gasteiger partial charge in [-0.15, -0.1) is 0 Å². The van der Waals surface area contributed by atoms with Gasteiger partial charge in [-0.05, 0) is 32.0 Å². The highest BCUT2D eigenvalue weighted by atomic mass is 16.6. The van der Waals surface area contributed by atoms with Crippen LogP contribution in [0.15, 0.2) is 36.5 Å². The van der Waals surface area contributed by atoms with Crippen molar-refractivity contribution in [2.75, 3.05) is 43.6 Å². The van der Waals surface area contributed by atoms with Crippen molar-refractivity contribution in [2.45, 2.75) is 32.2 Å². The first kappa shape index (κ1) is 21.5. The van der Waals surface area contributed by atoms with Gasteiger partial charge in [0.25, 0.3) is 0 Å². The Balaban J connectivity index is 1.50. The fourth-order valence-corrected chi connectivity index (χ4v) is 4.60. The van der Waals surface area contributed by atoms with Crippen molar-refractivity contribution in [3.8, 4) is 17.5 Å². The molecule has 0 amide bonds. The average Bonchev–Trinajstić information content (AvgIpc) is 2.82. The van der Waals surface area contributed by atoms with Gasteiger partial charge >= 0.3 is 6.01 Å². The molecule has 9 heteroatoms. The number of hydrogen-bond donors (Lipinski definition) is 3. The van der Waals surface area contributed by atoms with Crippen LogP contribution in [0.25, 0.3) is 10.9 Å². The summed E-state index contributed by atoms with van der Waals surface area (Å²) in [7, 11) is 1.54. The van der Waals surface area contributed by atoms with Crippen LogP contribution in [-0.2, 0) is 0 Å². The number of methoxy groups -OCH3 is 1. The number of benzene rings is 2. The zero-order valence-electron chi connectivity index (χ0n) is 19.0. The molecule has 3 N–H and O–H groups in total. The van der Waals surface area contributed by atoms with E-state index in [-0.39, 0.29) is 6.01 Å². The monoisotopic (exact) mass is 451 g/mol. The first-order valence-corrected chi connectivity index (χ1v) is 11.2. The van der Waals surface area contributed by atoms with Crippen LogP contribution in [0, 0.1) is 0 Å². The van der Waals surface area contributed by atoms with E-state index >= 15 is 0 Å². The van der Waals surface area contributed by atoms with Gasteiger partial charge in [0.05, 0.1) is 12.6 Å². The zero-order valence-corrected chi connectivity index (χ0v) is 19.0. The molecule has 0 aliphatic carbocycles. The Morgan fingerprint density at radius 3 is 2.64 bits per heavy atom. The fourth-order valence-electron chi connectivity index (χ4n) is 4.60. The minimum atomic E-state index is -0.996. The Hall–Kier alpha value is -3.30. The molecule has 0 saturated carbocycles. The lowest BCUT2D eigenvalue weighted by Gasteiger charge is -2.38. The predicted molar refractivity (Wildman–Crippen MR) is 126 cm³/mol. The Morgan fingerprint density at radius 2 is 1.88 bits per heavy atom. The molecule has 1 unspecified atom stereocenters. The maximum Gasteiger partial charge on any atom is 0.316 e. The van der Waals surface area contributed by atoms with Crippen molar-refractivity contribution in [3.05, 3.63) is 42.1 Å². The molecule has 0 spiro atoms. The third-order valence-corrected chi connectivity index (χ3v) is 5.96. The van der Waals surface area contributed by atoms with Gasteiger partial charge in [0.2, 0.25) is 0 Å². The van der Waals surface area contributed by atoms with Crippen LogP contribution in [-0.4, -0.2) is 60.6 Å². The van der Waals surface area contributed by atoms with Crippen molar-refractivity contribution in [3.63, 3.8) is 0 Å². The van der Waals surface area contributed by atoms with E-state index in [0.29, 0.717) is 47.9 Å². The molecule has 3 aromatic rings. The molecule has 1 fully saturated rings. The van der Waals surface area contributed by atoms with E-state index in [0.717, 1.165) is 29.9 Å². The highest BCUT2D eigenvalue weighted by Gasteiger charge is 2.25. The summed E-state index contributed by atoms with van der Waals surface area (Å²) in [5.41, 5.74) is 3.05. The van der Waals surface area contributed by atoms with Crippen LogP contribution in [0.2, 0.25) is 0 Å². The summed E-state index contributed by atoms with van der Waals surface area (Å²) < 4.78 is 16.5. The predicted octanol–water partition coefficient (Wildman–Crippen LogP) is 2.70. The number of piperazine rings is 1. The van der Waals surface area contributed by atoms with Gasteiger partial charge in [0.15, 0.2) is 17.7 Å². The highest BCUT2D eigenvalue weighted by Crippen LogP contribution is 2.36. The van der Waals surface area contributed by atoms with Gasteiger partial charge in [0.1, 0.15) is 13.2 Å². The molecular formula is C24H29N5O4. The number of aliphatic hydroxyl groups is 1. The van der Waals surface area contributed by atoms with E-state index in [4.69, 9.17) is 14.2 Å². The van der Waals surface area contributed by atoms with Crippen LogP contribution in [0.1, 0.15) is 25.6 Å². The van der Waals surface area contributed by atoms with Gasteiger partial charge in [-0.25, -0.2) is 4.98 Å². The van der Waals surface area contributed by atoms with Crippen molar-refractivity contribution in [1.29, 1.82) is 0 Å². The Labute approximate surface area is 192 Å². The second-order valence-corrected chi connectivity index (χ2v) is 8.57. The molecule has 9 nitrogen and oxygen atoms in total. The quantitative estimate of drug-likeness (QED) is 0.506. The van der Waals surface area contributed by atoms with E-state index in [1.165, 1.54) is 7.11 Å². The average molecular weight is 452 g/mol. The maximum atomic E-state index is 11.1. The number of nitrogens with zero attached hydrogens (tertiary/aromatic N) is 3. The normalized spacial score (nSPS) is 21.0. The molecule has 3 heterocycles. The minimum Gasteiger partial charge on any atom is -0.486 e. The Morgan fingerprint density at radius 1 is 1.12 bits per heavy atom. The van der Waals surface area contributed by atoms with E-state index in [1.807, 2.05) is 30.3 Å². The van der Waals surface area contributed by atoms with Gasteiger partial charge in [-0.2, -0.15) is 4.98 Å². The molecule has 0 bridgehead atoms. The summed E-state index contributed by atoms with van der Waals surface area (Å²) in [5, 5.41) is 18.7. The summed E-state index contributed by atoms with van der Waals surface area (Å²) in [4.78, 5) is 11.3. The third-order valence-electron chi connectivity index (χ3n) is 5.96. The van der Waals surface area contributed by atoms with Crippen molar-refractivity contribution < 1.29 is 19.3 Å². The van der Waals surface area contributed by atoms with Gasteiger partial charge in [-0.1, -0.05) is 6.07 Å². The van der Waals surface area contributed by atoms with Gasteiger partial charge in [0, 0.05) is 59.8 Å². The summed E-state index contributed by atoms with van der Waals surface area (Å²) in [6.07, 6.45) is 0.776. The Bertz CT molecular complexity index is 1150. The molecule has 2 aliphatic rings. The Kier molecular flexibility index (Phi) is 5.82. The molecule has 5 rings (SSSR count). The lowest BCUT2D eigenvalue weighted by atomic mass is 10.0. The number of nitrogens with one attached hydrogen (secondary N) is 2. The van der Waals surface area contributed by atoms with Gasteiger partial charge in [-0.3, -0.25) is 0 Å². The molecule has 3 atom stereocenters. The maximum absolute atomic E-state index is 11.1. The van der Waals surface area contributed by atoms with Gasteiger partial charge < -0.3 is 34.9 Å². The summed E-state index contributed by atoms with van der Waals surface area (Å²) >= 11 is 0. The van der Waals surface area contributed by atoms with E-state index in [1.54, 1.807) is 6.20 Å². The molecule has 1 aromatic heterocycles. The topological polar surface area (TPSA) is 101 Å². The lowest BCUT2D eigenvalue weighted by Crippen LogP contribution is -2.54. The molecule has 0 radical (unpaired) electrons. The first-order valence-electron chi connectivity index (χ1n) is 11.2. The minimum absolute atomic E-state index is 0.259. The molecule has 33 heavy (non-hydrogen) atoms. The summed E-state index contributed by atoms with van der Waals surface area (Å²) in [5.74, 6) is 1.36. The molecule has 174 valence electrons. The highest BCUT2D eigenvalue weighted by molar-refractivity contribution is 5.94. The number of hydrogen-bond acceptors (Lipinski definition) is 9. The lowest BCUT2D eigenvalue weighted by molar-refractivity contribution is 0.171. The van der Waals surface area contributed by atoms with Crippen LogP contribution in [0.5, 0.6) is 17.5 Å². The van der Waals surface area contributed by atoms with Crippen LogP contribution in [0.3, 0.4) is 0 Å². The van der Waals surface area contributed by atoms with E-state index in [9.17, 15) is 5.11 Å². The summed E-state index contributed by atoms with van der Waals surface area (Å²) in [6.45, 7) is 7.16. The zero-order chi connectivity index (χ0) is 22.9. The number of rotatable bonds is 5. The van der Waals surface area contributed by atoms with Crippen molar-refractivity contribution in [2.24, 2.45) is 0 Å². The number of fused-ring (bicyclic) bond motifs is 2. The van der Waals surface area contributed by atoms with Crippen molar-refractivity contribution >= 4 is 22.3 Å². The number of ether oxygens (including phenoxy) is 3. The number of aliphatic hydroxyl groups excluding tert-OH is 1. The summed E-state index contributed by atoms with van der Waals surface area (Å²) in [6, 6.07) is 10.5. The number of anilines is 2.